The summed E-state index contributed by atoms with van der Waals surface area (Å²) in [7, 11) is 0. The van der Waals surface area contributed by atoms with Gasteiger partial charge in [-0.2, -0.15) is 18.4 Å². The van der Waals surface area contributed by atoms with Crippen molar-refractivity contribution in [2.24, 2.45) is 5.92 Å². The molecule has 0 saturated heterocycles. The van der Waals surface area contributed by atoms with Crippen LogP contribution in [0.3, 0.4) is 0 Å². The van der Waals surface area contributed by atoms with Gasteiger partial charge in [0.25, 0.3) is 0 Å². The first kappa shape index (κ1) is 13.7. The number of halogens is 3. The lowest BCUT2D eigenvalue weighted by Crippen LogP contribution is -2.27. The molecule has 1 aromatic rings. The fourth-order valence-electron chi connectivity index (χ4n) is 1.12. The molecule has 2 nitrogen and oxygen atoms in total. The number of hydrogen-bond donors (Lipinski definition) is 0. The Labute approximate surface area is 101 Å². The average molecular weight is 261 g/mol. The normalized spacial score (nSPS) is 12.9. The van der Waals surface area contributed by atoms with Crippen molar-refractivity contribution >= 4 is 11.8 Å². The van der Waals surface area contributed by atoms with Gasteiger partial charge in [0.15, 0.2) is 5.92 Å². The van der Waals surface area contributed by atoms with Crippen LogP contribution in [-0.2, 0) is 0 Å². The van der Waals surface area contributed by atoms with Crippen LogP contribution in [0.1, 0.15) is 0 Å². The topological polar surface area (TPSA) is 33.0 Å². The Hall–Kier alpha value is -1.35. The first-order chi connectivity index (χ1) is 7.99. The van der Waals surface area contributed by atoms with E-state index in [1.54, 1.807) is 30.5 Å². The predicted octanol–water partition coefficient (Wildman–Crippen LogP) is 3.49. The van der Waals surface area contributed by atoms with Crippen molar-refractivity contribution in [1.29, 1.82) is 5.26 Å². The lowest BCUT2D eigenvalue weighted by atomic mass is 10.2. The molecule has 6 heteroatoms. The van der Waals surface area contributed by atoms with Gasteiger partial charge in [0.1, 0.15) is 12.4 Å². The van der Waals surface area contributed by atoms with Crippen LogP contribution in [0.2, 0.25) is 0 Å². The second kappa shape index (κ2) is 5.82. The minimum Gasteiger partial charge on any atom is -0.491 e. The summed E-state index contributed by atoms with van der Waals surface area (Å²) in [5.74, 6) is -1.73. The molecule has 0 aliphatic rings. The van der Waals surface area contributed by atoms with E-state index >= 15 is 0 Å². The molecule has 0 aliphatic heterocycles. The SMILES string of the molecule is CSc1ccccc1OCC(C#N)C(F)(F)F. The van der Waals surface area contributed by atoms with Gasteiger partial charge in [-0.05, 0) is 18.4 Å². The fourth-order valence-corrected chi connectivity index (χ4v) is 1.66. The van der Waals surface area contributed by atoms with E-state index in [1.165, 1.54) is 17.8 Å². The van der Waals surface area contributed by atoms with Crippen molar-refractivity contribution in [1.82, 2.24) is 0 Å². The molecule has 0 saturated carbocycles. The molecule has 0 fully saturated rings. The maximum absolute atomic E-state index is 12.3. The number of ether oxygens (including phenoxy) is 1. The summed E-state index contributed by atoms with van der Waals surface area (Å²) in [5, 5.41) is 8.41. The van der Waals surface area contributed by atoms with E-state index in [-0.39, 0.29) is 0 Å². The highest BCUT2D eigenvalue weighted by Gasteiger charge is 2.40. The average Bonchev–Trinajstić information content (AvgIpc) is 2.28. The Kier molecular flexibility index (Phi) is 4.70. The molecule has 1 atom stereocenters. The third-order valence-corrected chi connectivity index (χ3v) is 2.80. The minimum absolute atomic E-state index is 0.365. The third kappa shape index (κ3) is 3.86. The monoisotopic (exact) mass is 261 g/mol. The zero-order chi connectivity index (χ0) is 12.9. The number of nitrogens with zero attached hydrogens (tertiary/aromatic N) is 1. The van der Waals surface area contributed by atoms with Gasteiger partial charge < -0.3 is 4.74 Å². The second-order valence-electron chi connectivity index (χ2n) is 3.19. The molecule has 0 spiro atoms. The smallest absolute Gasteiger partial charge is 0.407 e. The summed E-state index contributed by atoms with van der Waals surface area (Å²) in [6, 6.07) is 7.96. The summed E-state index contributed by atoms with van der Waals surface area (Å²) >= 11 is 1.37. The third-order valence-electron chi connectivity index (χ3n) is 2.03. The van der Waals surface area contributed by atoms with Gasteiger partial charge in [-0.15, -0.1) is 11.8 Å². The van der Waals surface area contributed by atoms with Crippen LogP contribution in [0.4, 0.5) is 13.2 Å². The van der Waals surface area contributed by atoms with Crippen molar-refractivity contribution in [2.45, 2.75) is 11.1 Å². The number of para-hydroxylation sites is 1. The summed E-state index contributed by atoms with van der Waals surface area (Å²) in [6.07, 6.45) is -2.75. The highest BCUT2D eigenvalue weighted by Crippen LogP contribution is 2.30. The maximum atomic E-state index is 12.3. The highest BCUT2D eigenvalue weighted by atomic mass is 32.2. The van der Waals surface area contributed by atoms with Gasteiger partial charge in [-0.25, -0.2) is 0 Å². The Morgan fingerprint density at radius 2 is 2.06 bits per heavy atom. The summed E-state index contributed by atoms with van der Waals surface area (Å²) < 4.78 is 41.9. The van der Waals surface area contributed by atoms with Gasteiger partial charge in [-0.3, -0.25) is 0 Å². The number of thioether (sulfide) groups is 1. The van der Waals surface area contributed by atoms with Crippen molar-refractivity contribution in [3.05, 3.63) is 24.3 Å². The van der Waals surface area contributed by atoms with Crippen LogP contribution in [0.5, 0.6) is 5.75 Å². The molecule has 1 aromatic carbocycles. The molecule has 0 amide bonds. The zero-order valence-electron chi connectivity index (χ0n) is 8.99. The molecule has 92 valence electrons. The predicted molar refractivity (Wildman–Crippen MR) is 58.9 cm³/mol. The number of hydrogen-bond acceptors (Lipinski definition) is 3. The number of benzene rings is 1. The van der Waals surface area contributed by atoms with E-state index in [0.717, 1.165) is 4.90 Å². The summed E-state index contributed by atoms with van der Waals surface area (Å²) in [6.45, 7) is -0.683. The lowest BCUT2D eigenvalue weighted by Gasteiger charge is -2.15. The van der Waals surface area contributed by atoms with Crippen LogP contribution in [0, 0.1) is 17.2 Å². The van der Waals surface area contributed by atoms with Crippen LogP contribution < -0.4 is 4.74 Å². The number of nitriles is 1. The molecular formula is C11H10F3NOS. The van der Waals surface area contributed by atoms with E-state index in [1.807, 2.05) is 0 Å². The molecule has 0 radical (unpaired) electrons. The first-order valence-electron chi connectivity index (χ1n) is 4.71. The first-order valence-corrected chi connectivity index (χ1v) is 5.93. The molecule has 0 bridgehead atoms. The Balaban J connectivity index is 2.70. The Morgan fingerprint density at radius 1 is 1.41 bits per heavy atom. The van der Waals surface area contributed by atoms with Crippen molar-refractivity contribution in [3.8, 4) is 11.8 Å². The Bertz CT molecular complexity index is 414. The quantitative estimate of drug-likeness (QED) is 0.778. The molecule has 17 heavy (non-hydrogen) atoms. The maximum Gasteiger partial charge on any atom is 0.407 e. The summed E-state index contributed by atoms with van der Waals surface area (Å²) in [5.41, 5.74) is 0. The minimum atomic E-state index is -4.55. The molecule has 1 rings (SSSR count). The van der Waals surface area contributed by atoms with Crippen LogP contribution in [0.25, 0.3) is 0 Å². The Morgan fingerprint density at radius 3 is 2.59 bits per heavy atom. The van der Waals surface area contributed by atoms with Crippen molar-refractivity contribution in [3.63, 3.8) is 0 Å². The van der Waals surface area contributed by atoms with E-state index in [0.29, 0.717) is 5.75 Å². The van der Waals surface area contributed by atoms with Gasteiger partial charge in [-0.1, -0.05) is 12.1 Å². The number of alkyl halides is 3. The van der Waals surface area contributed by atoms with Crippen molar-refractivity contribution in [2.75, 3.05) is 12.9 Å². The summed E-state index contributed by atoms with van der Waals surface area (Å²) in [4.78, 5) is 0.742. The van der Waals surface area contributed by atoms with E-state index in [4.69, 9.17) is 10.00 Å². The standard InChI is InChI=1S/C11H10F3NOS/c1-17-10-5-3-2-4-9(10)16-7-8(6-15)11(12,13)14/h2-5,8H,7H2,1H3. The van der Waals surface area contributed by atoms with Gasteiger partial charge in [0.05, 0.1) is 6.07 Å². The fraction of sp³-hybridized carbons (Fsp3) is 0.364. The molecule has 0 heterocycles. The second-order valence-corrected chi connectivity index (χ2v) is 4.03. The highest BCUT2D eigenvalue weighted by molar-refractivity contribution is 7.98. The molecule has 0 aliphatic carbocycles. The zero-order valence-corrected chi connectivity index (χ0v) is 9.81. The van der Waals surface area contributed by atoms with Crippen molar-refractivity contribution < 1.29 is 17.9 Å². The molecule has 0 N–H and O–H groups in total. The van der Waals surface area contributed by atoms with Crippen LogP contribution in [0.15, 0.2) is 29.2 Å². The van der Waals surface area contributed by atoms with E-state index in [2.05, 4.69) is 0 Å². The molecular weight excluding hydrogens is 251 g/mol. The number of rotatable bonds is 4. The molecule has 1 unspecified atom stereocenters. The molecule has 0 aromatic heterocycles. The van der Waals surface area contributed by atoms with Gasteiger partial charge in [0, 0.05) is 4.90 Å². The van der Waals surface area contributed by atoms with Gasteiger partial charge in [0.2, 0.25) is 0 Å². The van der Waals surface area contributed by atoms with Crippen LogP contribution in [-0.4, -0.2) is 19.0 Å². The van der Waals surface area contributed by atoms with Gasteiger partial charge >= 0.3 is 6.18 Å². The van der Waals surface area contributed by atoms with E-state index < -0.39 is 18.7 Å². The van der Waals surface area contributed by atoms with E-state index in [9.17, 15) is 13.2 Å². The lowest BCUT2D eigenvalue weighted by molar-refractivity contribution is -0.165. The van der Waals surface area contributed by atoms with Crippen LogP contribution >= 0.6 is 11.8 Å². The largest absolute Gasteiger partial charge is 0.491 e.